The highest BCUT2D eigenvalue weighted by molar-refractivity contribution is 5.91. The van der Waals surface area contributed by atoms with Crippen LogP contribution in [-0.2, 0) is 0 Å². The number of hydrogen-bond donors (Lipinski definition) is 0. The molecular weight excluding hydrogens is 496 g/mol. The number of rotatable bonds is 19. The number of carbonyl (C=O) groups is 1. The molecule has 3 aromatic rings. The number of ether oxygens (including phenoxy) is 3. The Kier molecular flexibility index (Phi) is 13.9. The van der Waals surface area contributed by atoms with Crippen molar-refractivity contribution in [1.82, 2.24) is 0 Å². The van der Waals surface area contributed by atoms with Crippen LogP contribution in [0, 0.1) is 0 Å². The predicted molar refractivity (Wildman–Crippen MR) is 166 cm³/mol. The van der Waals surface area contributed by atoms with Crippen molar-refractivity contribution in [2.75, 3.05) is 6.61 Å². The summed E-state index contributed by atoms with van der Waals surface area (Å²) in [5.41, 5.74) is 2.62. The summed E-state index contributed by atoms with van der Waals surface area (Å²) in [5.74, 6) is 1.79. The normalized spacial score (nSPS) is 11.6. The maximum atomic E-state index is 12.7. The van der Waals surface area contributed by atoms with Gasteiger partial charge in [-0.2, -0.15) is 0 Å². The largest absolute Gasteiger partial charge is 0.494 e. The summed E-state index contributed by atoms with van der Waals surface area (Å²) < 4.78 is 17.4. The molecule has 214 valence electrons. The highest BCUT2D eigenvalue weighted by atomic mass is 16.5. The van der Waals surface area contributed by atoms with Gasteiger partial charge in [0.05, 0.1) is 18.3 Å². The van der Waals surface area contributed by atoms with Crippen molar-refractivity contribution in [2.45, 2.75) is 90.6 Å². The molecule has 0 N–H and O–H groups in total. The quantitative estimate of drug-likeness (QED) is 0.0654. The third kappa shape index (κ3) is 11.3. The first-order valence-corrected chi connectivity index (χ1v) is 15.0. The number of unbranched alkanes of at least 4 members (excludes halogenated alkanes) is 8. The van der Waals surface area contributed by atoms with Gasteiger partial charge in [-0.25, -0.2) is 4.79 Å². The monoisotopic (exact) mass is 542 g/mol. The molecule has 0 spiro atoms. The van der Waals surface area contributed by atoms with Gasteiger partial charge in [0.1, 0.15) is 17.2 Å². The van der Waals surface area contributed by atoms with Crippen molar-refractivity contribution in [2.24, 2.45) is 0 Å². The van der Waals surface area contributed by atoms with Gasteiger partial charge in [0.2, 0.25) is 0 Å². The Bertz CT molecular complexity index is 1120. The van der Waals surface area contributed by atoms with E-state index in [1.165, 1.54) is 51.4 Å². The fourth-order valence-electron chi connectivity index (χ4n) is 4.56. The summed E-state index contributed by atoms with van der Waals surface area (Å²) in [5, 5.41) is 0. The average Bonchev–Trinajstić information content (AvgIpc) is 2.98. The molecule has 0 bridgehead atoms. The standard InChI is InChI=1S/C36H46O4/c1-4-6-8-9-10-11-12-14-28-38-33-22-20-31(21-23-33)30-16-18-32(19-17-30)36(37)40-35-26-24-34(25-27-35)39-29(3)15-13-7-5-2/h4,16-27,29H,1,5-15,28H2,2-3H3. The fraction of sp³-hybridized carbons (Fsp3) is 0.417. The van der Waals surface area contributed by atoms with E-state index >= 15 is 0 Å². The number of hydrogen-bond acceptors (Lipinski definition) is 4. The summed E-state index contributed by atoms with van der Waals surface area (Å²) in [6.45, 7) is 8.81. The van der Waals surface area contributed by atoms with Gasteiger partial charge >= 0.3 is 5.97 Å². The topological polar surface area (TPSA) is 44.8 Å². The number of allylic oxidation sites excluding steroid dienone is 1. The average molecular weight is 543 g/mol. The fourth-order valence-corrected chi connectivity index (χ4v) is 4.56. The lowest BCUT2D eigenvalue weighted by Crippen LogP contribution is -2.11. The molecule has 3 aromatic carbocycles. The lowest BCUT2D eigenvalue weighted by atomic mass is 10.0. The Morgan fingerprint density at radius 2 is 1.30 bits per heavy atom. The number of esters is 1. The second-order valence-electron chi connectivity index (χ2n) is 10.4. The Labute approximate surface area is 241 Å². The molecule has 4 nitrogen and oxygen atoms in total. The van der Waals surface area contributed by atoms with Crippen LogP contribution in [0.2, 0.25) is 0 Å². The maximum Gasteiger partial charge on any atom is 0.343 e. The number of benzene rings is 3. The predicted octanol–water partition coefficient (Wildman–Crippen LogP) is 10.2. The molecular formula is C36H46O4. The van der Waals surface area contributed by atoms with Crippen molar-refractivity contribution in [3.05, 3.63) is 91.0 Å². The smallest absolute Gasteiger partial charge is 0.343 e. The second kappa shape index (κ2) is 17.9. The van der Waals surface area contributed by atoms with E-state index in [1.54, 1.807) is 24.3 Å². The van der Waals surface area contributed by atoms with Gasteiger partial charge in [0.15, 0.2) is 0 Å². The van der Waals surface area contributed by atoms with Gasteiger partial charge in [-0.3, -0.25) is 0 Å². The molecule has 0 amide bonds. The van der Waals surface area contributed by atoms with E-state index in [0.29, 0.717) is 11.3 Å². The third-order valence-electron chi connectivity index (χ3n) is 6.97. The summed E-state index contributed by atoms with van der Waals surface area (Å²) in [4.78, 5) is 12.7. The van der Waals surface area contributed by atoms with Gasteiger partial charge in [-0.15, -0.1) is 6.58 Å². The first-order chi connectivity index (χ1) is 19.6. The van der Waals surface area contributed by atoms with Crippen molar-refractivity contribution >= 4 is 5.97 Å². The minimum absolute atomic E-state index is 0.166. The highest BCUT2D eigenvalue weighted by Gasteiger charge is 2.10. The molecule has 3 rings (SSSR count). The van der Waals surface area contributed by atoms with Gasteiger partial charge < -0.3 is 14.2 Å². The Balaban J connectivity index is 1.40. The van der Waals surface area contributed by atoms with Gasteiger partial charge in [-0.1, -0.05) is 75.8 Å². The van der Waals surface area contributed by atoms with E-state index in [0.717, 1.165) is 48.5 Å². The lowest BCUT2D eigenvalue weighted by Gasteiger charge is -2.14. The summed E-state index contributed by atoms with van der Waals surface area (Å²) in [6, 6.07) is 22.8. The van der Waals surface area contributed by atoms with E-state index in [-0.39, 0.29) is 12.1 Å². The molecule has 0 aliphatic carbocycles. The van der Waals surface area contributed by atoms with E-state index < -0.39 is 0 Å². The minimum Gasteiger partial charge on any atom is -0.494 e. The third-order valence-corrected chi connectivity index (χ3v) is 6.97. The van der Waals surface area contributed by atoms with E-state index in [1.807, 2.05) is 42.5 Å². The minimum atomic E-state index is -0.381. The van der Waals surface area contributed by atoms with Crippen molar-refractivity contribution in [3.8, 4) is 28.4 Å². The van der Waals surface area contributed by atoms with Crippen molar-refractivity contribution in [1.29, 1.82) is 0 Å². The Morgan fingerprint density at radius 3 is 1.95 bits per heavy atom. The zero-order chi connectivity index (χ0) is 28.4. The van der Waals surface area contributed by atoms with E-state index in [9.17, 15) is 4.79 Å². The highest BCUT2D eigenvalue weighted by Crippen LogP contribution is 2.25. The van der Waals surface area contributed by atoms with Crippen LogP contribution in [-0.4, -0.2) is 18.7 Å². The second-order valence-corrected chi connectivity index (χ2v) is 10.4. The first-order valence-electron chi connectivity index (χ1n) is 15.0. The molecule has 4 heteroatoms. The van der Waals surface area contributed by atoms with Gasteiger partial charge in [0, 0.05) is 0 Å². The molecule has 0 saturated heterocycles. The van der Waals surface area contributed by atoms with Crippen LogP contribution in [0.1, 0.15) is 94.8 Å². The molecule has 0 aliphatic rings. The van der Waals surface area contributed by atoms with Crippen molar-refractivity contribution in [3.63, 3.8) is 0 Å². The molecule has 1 atom stereocenters. The Hall–Kier alpha value is -3.53. The number of carbonyl (C=O) groups excluding carboxylic acids is 1. The molecule has 0 heterocycles. The van der Waals surface area contributed by atoms with Crippen LogP contribution in [0.3, 0.4) is 0 Å². The van der Waals surface area contributed by atoms with Gasteiger partial charge in [0.25, 0.3) is 0 Å². The first kappa shape index (κ1) is 31.0. The zero-order valence-corrected chi connectivity index (χ0v) is 24.4. The summed E-state index contributed by atoms with van der Waals surface area (Å²) in [6.07, 6.45) is 15.3. The zero-order valence-electron chi connectivity index (χ0n) is 24.4. The lowest BCUT2D eigenvalue weighted by molar-refractivity contribution is 0.0734. The molecule has 0 aliphatic heterocycles. The van der Waals surface area contributed by atoms with Crippen LogP contribution in [0.4, 0.5) is 0 Å². The van der Waals surface area contributed by atoms with Crippen LogP contribution in [0.25, 0.3) is 11.1 Å². The van der Waals surface area contributed by atoms with Crippen LogP contribution >= 0.6 is 0 Å². The molecule has 0 aromatic heterocycles. The maximum absolute atomic E-state index is 12.7. The van der Waals surface area contributed by atoms with E-state index in [4.69, 9.17) is 14.2 Å². The van der Waals surface area contributed by atoms with Crippen LogP contribution in [0.5, 0.6) is 17.2 Å². The van der Waals surface area contributed by atoms with E-state index in [2.05, 4.69) is 32.6 Å². The molecule has 40 heavy (non-hydrogen) atoms. The summed E-state index contributed by atoms with van der Waals surface area (Å²) in [7, 11) is 0. The molecule has 0 fully saturated rings. The van der Waals surface area contributed by atoms with Crippen LogP contribution in [0.15, 0.2) is 85.5 Å². The molecule has 0 radical (unpaired) electrons. The molecule has 0 saturated carbocycles. The summed E-state index contributed by atoms with van der Waals surface area (Å²) >= 11 is 0. The SMILES string of the molecule is C=CCCCCCCCCOc1ccc(-c2ccc(C(=O)Oc3ccc(OC(C)CCCCC)cc3)cc2)cc1. The Morgan fingerprint density at radius 1 is 0.725 bits per heavy atom. The molecule has 1 unspecified atom stereocenters. The van der Waals surface area contributed by atoms with Gasteiger partial charge in [-0.05, 0) is 98.7 Å². The van der Waals surface area contributed by atoms with Crippen molar-refractivity contribution < 1.29 is 19.0 Å². The van der Waals surface area contributed by atoms with Crippen LogP contribution < -0.4 is 14.2 Å².